The molecule has 0 aliphatic carbocycles. The van der Waals surface area contributed by atoms with Crippen molar-refractivity contribution in [1.29, 1.82) is 0 Å². The second-order valence-electron chi connectivity index (χ2n) is 7.38. The molecule has 1 N–H and O–H groups in total. The van der Waals surface area contributed by atoms with Crippen LogP contribution >= 0.6 is 0 Å². The lowest BCUT2D eigenvalue weighted by atomic mass is 9.85. The van der Waals surface area contributed by atoms with Crippen molar-refractivity contribution in [3.05, 3.63) is 35.4 Å². The second kappa shape index (κ2) is 9.17. The van der Waals surface area contributed by atoms with E-state index in [9.17, 15) is 9.59 Å². The fourth-order valence-electron chi connectivity index (χ4n) is 4.26. The zero-order chi connectivity index (χ0) is 18.4. The zero-order valence-electron chi connectivity index (χ0n) is 15.7. The Kier molecular flexibility index (Phi) is 6.67. The third-order valence-corrected chi connectivity index (χ3v) is 5.72. The average Bonchev–Trinajstić information content (AvgIpc) is 2.72. The molecule has 0 aromatic heterocycles. The number of carbonyl (C=O) groups excluding carboxylic acids is 2. The standard InChI is InChI=1S/C21H30N2O3/c1-22-21(25)18-6-4-5-16(15-18)8-9-20(24)23-12-3-2-7-19(23)17-10-13-26-14-11-17/h4-6,15,17,19H,2-3,7-14H2,1H3,(H,22,25). The molecule has 1 atom stereocenters. The van der Waals surface area contributed by atoms with Crippen LogP contribution in [0.5, 0.6) is 0 Å². The number of carbonyl (C=O) groups is 2. The molecule has 0 bridgehead atoms. The molecule has 2 saturated heterocycles. The van der Waals surface area contributed by atoms with E-state index in [1.807, 2.05) is 18.2 Å². The van der Waals surface area contributed by atoms with Crippen LogP contribution in [0.1, 0.15) is 54.4 Å². The van der Waals surface area contributed by atoms with Crippen LogP contribution in [0, 0.1) is 5.92 Å². The lowest BCUT2D eigenvalue weighted by molar-refractivity contribution is -0.137. The molecule has 26 heavy (non-hydrogen) atoms. The van der Waals surface area contributed by atoms with Gasteiger partial charge in [-0.3, -0.25) is 9.59 Å². The number of likely N-dealkylation sites (tertiary alicyclic amines) is 1. The van der Waals surface area contributed by atoms with Crippen molar-refractivity contribution < 1.29 is 14.3 Å². The van der Waals surface area contributed by atoms with Crippen LogP contribution in [0.3, 0.4) is 0 Å². The van der Waals surface area contributed by atoms with E-state index in [4.69, 9.17) is 4.74 Å². The minimum Gasteiger partial charge on any atom is -0.381 e. The molecule has 2 amide bonds. The van der Waals surface area contributed by atoms with Crippen LogP contribution in [0.15, 0.2) is 24.3 Å². The van der Waals surface area contributed by atoms with Crippen molar-refractivity contribution in [3.63, 3.8) is 0 Å². The number of hydrogen-bond donors (Lipinski definition) is 1. The number of benzene rings is 1. The Hall–Kier alpha value is -1.88. The molecule has 2 aliphatic heterocycles. The summed E-state index contributed by atoms with van der Waals surface area (Å²) in [6.45, 7) is 2.55. The van der Waals surface area contributed by atoms with Gasteiger partial charge in [-0.1, -0.05) is 12.1 Å². The molecule has 2 aliphatic rings. The van der Waals surface area contributed by atoms with E-state index in [-0.39, 0.29) is 11.8 Å². The highest BCUT2D eigenvalue weighted by atomic mass is 16.5. The van der Waals surface area contributed by atoms with Crippen LogP contribution in [0.2, 0.25) is 0 Å². The van der Waals surface area contributed by atoms with E-state index in [2.05, 4.69) is 10.2 Å². The number of aryl methyl sites for hydroxylation is 1. The first kappa shape index (κ1) is 18.9. The van der Waals surface area contributed by atoms with Gasteiger partial charge in [0.1, 0.15) is 0 Å². The first-order chi connectivity index (χ1) is 12.7. The fraction of sp³-hybridized carbons (Fsp3) is 0.619. The molecular formula is C21H30N2O3. The van der Waals surface area contributed by atoms with Gasteiger partial charge in [0.15, 0.2) is 0 Å². The topological polar surface area (TPSA) is 58.6 Å². The van der Waals surface area contributed by atoms with E-state index in [0.717, 1.165) is 51.0 Å². The summed E-state index contributed by atoms with van der Waals surface area (Å²) in [5.41, 5.74) is 1.69. The summed E-state index contributed by atoms with van der Waals surface area (Å²) in [7, 11) is 1.63. The molecular weight excluding hydrogens is 328 g/mol. The van der Waals surface area contributed by atoms with Crippen molar-refractivity contribution in [2.75, 3.05) is 26.8 Å². The monoisotopic (exact) mass is 358 g/mol. The van der Waals surface area contributed by atoms with Crippen LogP contribution in [-0.2, 0) is 16.0 Å². The van der Waals surface area contributed by atoms with Crippen molar-refractivity contribution >= 4 is 11.8 Å². The molecule has 1 unspecified atom stereocenters. The summed E-state index contributed by atoms with van der Waals surface area (Å²) in [4.78, 5) is 26.8. The number of amides is 2. The highest BCUT2D eigenvalue weighted by Crippen LogP contribution is 2.30. The Balaban J connectivity index is 1.60. The smallest absolute Gasteiger partial charge is 0.251 e. The zero-order valence-corrected chi connectivity index (χ0v) is 15.7. The molecule has 3 rings (SSSR count). The summed E-state index contributed by atoms with van der Waals surface area (Å²) in [5.74, 6) is 0.755. The van der Waals surface area contributed by atoms with E-state index in [1.54, 1.807) is 13.1 Å². The summed E-state index contributed by atoms with van der Waals surface area (Å²) in [6.07, 6.45) is 6.79. The first-order valence-electron chi connectivity index (χ1n) is 9.87. The van der Waals surface area contributed by atoms with Crippen LogP contribution in [-0.4, -0.2) is 49.6 Å². The summed E-state index contributed by atoms with van der Waals surface area (Å²) in [5, 5.41) is 2.64. The van der Waals surface area contributed by atoms with Crippen LogP contribution in [0.4, 0.5) is 0 Å². The SMILES string of the molecule is CNC(=O)c1cccc(CCC(=O)N2CCCCC2C2CCOCC2)c1. The lowest BCUT2D eigenvalue weighted by Crippen LogP contribution is -2.48. The number of piperidine rings is 1. The maximum atomic E-state index is 12.9. The minimum absolute atomic E-state index is 0.0891. The Morgan fingerprint density at radius 3 is 2.77 bits per heavy atom. The minimum atomic E-state index is -0.0891. The van der Waals surface area contributed by atoms with Crippen molar-refractivity contribution in [3.8, 4) is 0 Å². The van der Waals surface area contributed by atoms with Crippen molar-refractivity contribution in [2.24, 2.45) is 5.92 Å². The third-order valence-electron chi connectivity index (χ3n) is 5.72. The van der Waals surface area contributed by atoms with Crippen LogP contribution in [0.25, 0.3) is 0 Å². The van der Waals surface area contributed by atoms with E-state index in [0.29, 0.717) is 30.4 Å². The number of nitrogens with one attached hydrogen (secondary N) is 1. The Bertz CT molecular complexity index is 625. The van der Waals surface area contributed by atoms with E-state index < -0.39 is 0 Å². The maximum Gasteiger partial charge on any atom is 0.251 e. The molecule has 5 heteroatoms. The lowest BCUT2D eigenvalue weighted by Gasteiger charge is -2.42. The van der Waals surface area contributed by atoms with Gasteiger partial charge in [0, 0.05) is 44.8 Å². The number of nitrogens with zero attached hydrogens (tertiary/aromatic N) is 1. The van der Waals surface area contributed by atoms with Gasteiger partial charge in [-0.05, 0) is 62.1 Å². The highest BCUT2D eigenvalue weighted by molar-refractivity contribution is 5.94. The summed E-state index contributed by atoms with van der Waals surface area (Å²) < 4.78 is 5.50. The fourth-order valence-corrected chi connectivity index (χ4v) is 4.26. The molecule has 2 heterocycles. The molecule has 5 nitrogen and oxygen atoms in total. The molecule has 0 radical (unpaired) electrons. The second-order valence-corrected chi connectivity index (χ2v) is 7.38. The highest BCUT2D eigenvalue weighted by Gasteiger charge is 2.33. The number of rotatable bonds is 5. The van der Waals surface area contributed by atoms with Crippen molar-refractivity contribution in [2.45, 2.75) is 51.0 Å². The third kappa shape index (κ3) is 4.64. The predicted octanol–water partition coefficient (Wildman–Crippen LogP) is 2.79. The number of hydrogen-bond acceptors (Lipinski definition) is 3. The molecule has 2 fully saturated rings. The van der Waals surface area contributed by atoms with Gasteiger partial charge in [0.25, 0.3) is 5.91 Å². The van der Waals surface area contributed by atoms with Gasteiger partial charge in [-0.2, -0.15) is 0 Å². The summed E-state index contributed by atoms with van der Waals surface area (Å²) >= 11 is 0. The Morgan fingerprint density at radius 2 is 2.00 bits per heavy atom. The average molecular weight is 358 g/mol. The Morgan fingerprint density at radius 1 is 1.19 bits per heavy atom. The van der Waals surface area contributed by atoms with Gasteiger partial charge < -0.3 is 15.0 Å². The maximum absolute atomic E-state index is 12.9. The molecule has 142 valence electrons. The van der Waals surface area contributed by atoms with Gasteiger partial charge >= 0.3 is 0 Å². The summed E-state index contributed by atoms with van der Waals surface area (Å²) in [6, 6.07) is 7.95. The molecule has 0 spiro atoms. The van der Waals surface area contributed by atoms with Gasteiger partial charge in [0.05, 0.1) is 0 Å². The van der Waals surface area contributed by atoms with Gasteiger partial charge in [-0.25, -0.2) is 0 Å². The van der Waals surface area contributed by atoms with Gasteiger partial charge in [-0.15, -0.1) is 0 Å². The van der Waals surface area contributed by atoms with E-state index in [1.165, 1.54) is 6.42 Å². The van der Waals surface area contributed by atoms with Gasteiger partial charge in [0.2, 0.25) is 5.91 Å². The number of ether oxygens (including phenoxy) is 1. The van der Waals surface area contributed by atoms with Crippen LogP contribution < -0.4 is 5.32 Å². The largest absolute Gasteiger partial charge is 0.381 e. The predicted molar refractivity (Wildman–Crippen MR) is 101 cm³/mol. The normalized spacial score (nSPS) is 21.4. The van der Waals surface area contributed by atoms with Crippen molar-refractivity contribution in [1.82, 2.24) is 10.2 Å². The Labute approximate surface area is 156 Å². The quantitative estimate of drug-likeness (QED) is 0.880. The molecule has 1 aromatic carbocycles. The molecule has 0 saturated carbocycles. The molecule has 1 aromatic rings. The first-order valence-corrected chi connectivity index (χ1v) is 9.87. The van der Waals surface area contributed by atoms with E-state index >= 15 is 0 Å².